The lowest BCUT2D eigenvalue weighted by molar-refractivity contribution is -0.170. The molecule has 1 amide bonds. The maximum Gasteiger partial charge on any atom is 0.336 e. The van der Waals surface area contributed by atoms with Gasteiger partial charge < -0.3 is 30.2 Å². The number of benzene rings is 4. The fraction of sp³-hybridized carbons (Fsp3) is 0.341. The highest BCUT2D eigenvalue weighted by Crippen LogP contribution is 2.34. The van der Waals surface area contributed by atoms with Gasteiger partial charge in [-0.1, -0.05) is 71.7 Å². The van der Waals surface area contributed by atoms with E-state index < -0.39 is 47.2 Å². The summed E-state index contributed by atoms with van der Waals surface area (Å²) in [4.78, 5) is 49.5. The van der Waals surface area contributed by atoms with Crippen LogP contribution in [0.25, 0.3) is 10.8 Å². The van der Waals surface area contributed by atoms with E-state index in [1.807, 2.05) is 73.8 Å². The number of rotatable bonds is 14. The zero-order chi connectivity index (χ0) is 41.2. The molecule has 0 aliphatic carbocycles. The van der Waals surface area contributed by atoms with E-state index in [0.717, 1.165) is 60.1 Å². The molecule has 0 aromatic heterocycles. The summed E-state index contributed by atoms with van der Waals surface area (Å²) >= 11 is 12.7. The Morgan fingerprint density at radius 2 is 1.55 bits per heavy atom. The topological polar surface area (TPSA) is 197 Å². The number of piperidine rings is 1. The van der Waals surface area contributed by atoms with E-state index in [0.29, 0.717) is 33.6 Å². The minimum atomic E-state index is -2.74. The van der Waals surface area contributed by atoms with Crippen molar-refractivity contribution in [2.45, 2.75) is 54.4 Å². The Labute approximate surface area is 337 Å². The Balaban J connectivity index is 0.000000460. The second-order valence-electron chi connectivity index (χ2n) is 13.8. The number of hydrogen-bond acceptors (Lipinski definition) is 8. The van der Waals surface area contributed by atoms with Crippen LogP contribution in [-0.2, 0) is 25.2 Å². The minimum absolute atomic E-state index is 0.0371. The van der Waals surface area contributed by atoms with Gasteiger partial charge in [-0.05, 0) is 97.0 Å². The van der Waals surface area contributed by atoms with Crippen molar-refractivity contribution in [3.8, 4) is 6.07 Å². The van der Waals surface area contributed by atoms with Gasteiger partial charge in [0.25, 0.3) is 5.91 Å². The van der Waals surface area contributed by atoms with E-state index in [9.17, 15) is 28.6 Å². The number of aliphatic carboxylic acids is 3. The molecule has 1 aliphatic heterocycles. The SMILES string of the molecule is CN(C[C@@H](CCN1CCC(c2ccccc2[S@@](C)=O)CC1)c1ccc(Cl)c(Cl)c1)C(=O)c1cc(C#N)cc2ccccc12.O=C(O)CC(O)(CC(=O)O)C(=O)O. The zero-order valence-electron chi connectivity index (χ0n) is 30.9. The summed E-state index contributed by atoms with van der Waals surface area (Å²) in [6.07, 6.45) is 2.35. The number of halogens is 2. The number of amides is 1. The Hall–Kier alpha value is -4.84. The van der Waals surface area contributed by atoms with Gasteiger partial charge in [0, 0.05) is 36.2 Å². The molecule has 12 nitrogen and oxygen atoms in total. The van der Waals surface area contributed by atoms with Crippen LogP contribution in [-0.4, -0.2) is 103 Å². The van der Waals surface area contributed by atoms with Crippen LogP contribution in [0.3, 0.4) is 0 Å². The summed E-state index contributed by atoms with van der Waals surface area (Å²) < 4.78 is 12.3. The Bertz CT molecular complexity index is 2130. The molecule has 15 heteroatoms. The second-order valence-corrected chi connectivity index (χ2v) is 15.9. The fourth-order valence-corrected chi connectivity index (χ4v) is 8.04. The van der Waals surface area contributed by atoms with Crippen LogP contribution in [0, 0.1) is 11.3 Å². The number of carbonyl (C=O) groups excluding carboxylic acids is 1. The standard InChI is InChI=1S/C35H35Cl2N3O2S.C6H8O7/c1-39(35(41)31-20-24(22-38)19-27-7-3-4-8-29(27)31)23-28(26-11-12-32(36)33(37)21-26)15-18-40-16-13-25(14-17-40)30-9-5-6-10-34(30)43(2)42;7-3(8)1-6(13,5(11)12)2-4(9)10/h3-12,19-21,25,28H,13-18,23H2,1-2H3;13H,1-2H2,(H,7,8)(H,9,10)(H,11,12)/t28-,43-;/m1./s1. The van der Waals surface area contributed by atoms with Crippen LogP contribution in [0.2, 0.25) is 10.0 Å². The second kappa shape index (κ2) is 19.8. The highest BCUT2D eigenvalue weighted by molar-refractivity contribution is 7.84. The average molecular weight is 825 g/mol. The molecule has 0 spiro atoms. The van der Waals surface area contributed by atoms with Crippen molar-refractivity contribution >= 4 is 68.6 Å². The first-order chi connectivity index (χ1) is 26.5. The van der Waals surface area contributed by atoms with Crippen LogP contribution in [0.15, 0.2) is 83.8 Å². The van der Waals surface area contributed by atoms with Crippen LogP contribution in [0.1, 0.15) is 71.0 Å². The summed E-state index contributed by atoms with van der Waals surface area (Å²) in [6.45, 7) is 3.30. The van der Waals surface area contributed by atoms with Gasteiger partial charge in [-0.2, -0.15) is 5.26 Å². The van der Waals surface area contributed by atoms with E-state index in [1.165, 1.54) is 5.56 Å². The zero-order valence-corrected chi connectivity index (χ0v) is 33.2. The molecule has 2 atom stereocenters. The van der Waals surface area contributed by atoms with Crippen molar-refractivity contribution in [1.29, 1.82) is 5.26 Å². The van der Waals surface area contributed by atoms with Gasteiger partial charge in [-0.25, -0.2) is 4.79 Å². The fourth-order valence-electron chi connectivity index (χ4n) is 6.90. The minimum Gasteiger partial charge on any atom is -0.481 e. The summed E-state index contributed by atoms with van der Waals surface area (Å²) in [5.41, 5.74) is 0.509. The first kappa shape index (κ1) is 43.9. The van der Waals surface area contributed by atoms with E-state index in [1.54, 1.807) is 17.2 Å². The van der Waals surface area contributed by atoms with Gasteiger partial charge in [0.2, 0.25) is 0 Å². The first-order valence-electron chi connectivity index (χ1n) is 17.7. The summed E-state index contributed by atoms with van der Waals surface area (Å²) in [5.74, 6) is -4.69. The van der Waals surface area contributed by atoms with Crippen molar-refractivity contribution in [2.24, 2.45) is 0 Å². The molecule has 296 valence electrons. The number of carbonyl (C=O) groups is 4. The molecule has 1 aliphatic rings. The third-order valence-electron chi connectivity index (χ3n) is 9.81. The van der Waals surface area contributed by atoms with Crippen molar-refractivity contribution < 1.29 is 43.8 Å². The van der Waals surface area contributed by atoms with Crippen LogP contribution in [0.4, 0.5) is 0 Å². The lowest BCUT2D eigenvalue weighted by atomic mass is 9.88. The Morgan fingerprint density at radius 1 is 0.929 bits per heavy atom. The molecule has 1 saturated heterocycles. The van der Waals surface area contributed by atoms with Gasteiger partial charge in [0.1, 0.15) is 0 Å². The van der Waals surface area contributed by atoms with E-state index >= 15 is 0 Å². The predicted molar refractivity (Wildman–Crippen MR) is 214 cm³/mol. The number of nitrogens with zero attached hydrogens (tertiary/aromatic N) is 3. The number of carboxylic acid groups (broad SMARTS) is 3. The molecular weight excluding hydrogens is 781 g/mol. The van der Waals surface area contributed by atoms with Crippen molar-refractivity contribution in [3.05, 3.63) is 111 Å². The normalized spacial score (nSPS) is 14.5. The third-order valence-corrected chi connectivity index (χ3v) is 11.5. The highest BCUT2D eigenvalue weighted by atomic mass is 35.5. The molecule has 0 saturated carbocycles. The van der Waals surface area contributed by atoms with E-state index in [4.69, 9.17) is 43.6 Å². The molecular formula is C41H43Cl2N3O9S. The average Bonchev–Trinajstić information content (AvgIpc) is 3.16. The molecule has 5 rings (SSSR count). The number of fused-ring (bicyclic) bond motifs is 1. The van der Waals surface area contributed by atoms with Gasteiger partial charge in [-0.3, -0.25) is 18.6 Å². The maximum atomic E-state index is 13.8. The number of aliphatic hydroxyl groups is 1. The van der Waals surface area contributed by atoms with Crippen molar-refractivity contribution in [3.63, 3.8) is 0 Å². The summed E-state index contributed by atoms with van der Waals surface area (Å²) in [5, 5.41) is 46.1. The van der Waals surface area contributed by atoms with E-state index in [-0.39, 0.29) is 11.8 Å². The Morgan fingerprint density at radius 3 is 2.14 bits per heavy atom. The van der Waals surface area contributed by atoms with E-state index in [2.05, 4.69) is 17.0 Å². The van der Waals surface area contributed by atoms with Gasteiger partial charge in [0.05, 0.1) is 45.3 Å². The van der Waals surface area contributed by atoms with Gasteiger partial charge in [0.15, 0.2) is 5.60 Å². The largest absolute Gasteiger partial charge is 0.481 e. The Kier molecular flexibility index (Phi) is 15.5. The van der Waals surface area contributed by atoms with Crippen LogP contribution >= 0.6 is 23.2 Å². The van der Waals surface area contributed by atoms with Crippen molar-refractivity contribution in [1.82, 2.24) is 9.80 Å². The van der Waals surface area contributed by atoms with Gasteiger partial charge >= 0.3 is 17.9 Å². The van der Waals surface area contributed by atoms with Gasteiger partial charge in [-0.15, -0.1) is 0 Å². The lowest BCUT2D eigenvalue weighted by Gasteiger charge is -2.34. The molecule has 4 aromatic carbocycles. The number of nitriles is 1. The quantitative estimate of drug-likeness (QED) is 0.107. The molecule has 4 N–H and O–H groups in total. The van der Waals surface area contributed by atoms with Crippen LogP contribution in [0.5, 0.6) is 0 Å². The molecule has 0 bridgehead atoms. The highest BCUT2D eigenvalue weighted by Gasteiger charge is 2.40. The molecule has 4 aromatic rings. The van der Waals surface area contributed by atoms with Crippen molar-refractivity contribution in [2.75, 3.05) is 39.5 Å². The third kappa shape index (κ3) is 11.6. The van der Waals surface area contributed by atoms with Crippen LogP contribution < -0.4 is 0 Å². The molecule has 1 fully saturated rings. The molecule has 56 heavy (non-hydrogen) atoms. The number of carboxylic acids is 3. The molecule has 0 radical (unpaired) electrons. The predicted octanol–water partition coefficient (Wildman–Crippen LogP) is 6.63. The monoisotopic (exact) mass is 823 g/mol. The lowest BCUT2D eigenvalue weighted by Crippen LogP contribution is -2.42. The number of hydrogen-bond donors (Lipinski definition) is 4. The first-order valence-corrected chi connectivity index (χ1v) is 20.0. The maximum absolute atomic E-state index is 13.8. The number of likely N-dealkylation sites (N-methyl/N-ethyl adjacent to an activating group) is 1. The molecule has 0 unspecified atom stereocenters. The summed E-state index contributed by atoms with van der Waals surface area (Å²) in [6, 6.07) is 27.2. The summed E-state index contributed by atoms with van der Waals surface area (Å²) in [7, 11) is 0.820. The molecule has 1 heterocycles. The smallest absolute Gasteiger partial charge is 0.336 e. The number of likely N-dealkylation sites (tertiary alicyclic amines) is 1.